The summed E-state index contributed by atoms with van der Waals surface area (Å²) in [5.74, 6) is 2.18. The zero-order valence-corrected chi connectivity index (χ0v) is 16.9. The van der Waals surface area contributed by atoms with Gasteiger partial charge in [0.25, 0.3) is 0 Å². The molecular weight excluding hydrogens is 370 g/mol. The van der Waals surface area contributed by atoms with E-state index in [2.05, 4.69) is 46.8 Å². The number of methoxy groups -OCH3 is 1. The summed E-state index contributed by atoms with van der Waals surface area (Å²) in [5.41, 5.74) is 0.403. The van der Waals surface area contributed by atoms with Crippen molar-refractivity contribution in [3.63, 3.8) is 0 Å². The molecule has 3 aliphatic rings. The summed E-state index contributed by atoms with van der Waals surface area (Å²) in [4.78, 5) is 4.26. The zero-order valence-electron chi connectivity index (χ0n) is 14.5. The van der Waals surface area contributed by atoms with E-state index in [-0.39, 0.29) is 5.60 Å². The highest BCUT2D eigenvalue weighted by Gasteiger charge is 2.57. The summed E-state index contributed by atoms with van der Waals surface area (Å²) in [5, 5.41) is 0. The second kappa shape index (κ2) is 5.82. The van der Waals surface area contributed by atoms with Crippen molar-refractivity contribution in [1.29, 1.82) is 0 Å². The Morgan fingerprint density at radius 1 is 1.22 bits per heavy atom. The van der Waals surface area contributed by atoms with Crippen LogP contribution < -0.4 is 0 Å². The number of hydrogen-bond acceptors (Lipinski definition) is 3. The van der Waals surface area contributed by atoms with Crippen LogP contribution in [-0.2, 0) is 10.3 Å². The average molecular weight is 398 g/mol. The molecule has 2 unspecified atom stereocenters. The third kappa shape index (κ3) is 2.47. The molecule has 2 bridgehead atoms. The molecule has 3 fully saturated rings. The van der Waals surface area contributed by atoms with Gasteiger partial charge in [-0.15, -0.1) is 11.3 Å². The Balaban J connectivity index is 1.65. The molecule has 0 N–H and O–H groups in total. The number of nitrogens with zero attached hydrogens (tertiary/aromatic N) is 1. The molecule has 0 radical (unpaired) electrons. The highest BCUT2D eigenvalue weighted by atomic mass is 79.9. The molecule has 4 heteroatoms. The minimum absolute atomic E-state index is 0.0445. The van der Waals surface area contributed by atoms with Gasteiger partial charge in [-0.2, -0.15) is 0 Å². The first-order valence-corrected chi connectivity index (χ1v) is 10.6. The van der Waals surface area contributed by atoms with Gasteiger partial charge >= 0.3 is 0 Å². The molecule has 1 saturated heterocycles. The van der Waals surface area contributed by atoms with Crippen LogP contribution in [0.25, 0.3) is 0 Å². The first kappa shape index (κ1) is 16.6. The number of halogens is 1. The number of rotatable bonds is 3. The van der Waals surface area contributed by atoms with Gasteiger partial charge < -0.3 is 4.74 Å². The predicted octanol–water partition coefficient (Wildman–Crippen LogP) is 5.27. The lowest BCUT2D eigenvalue weighted by Gasteiger charge is -2.61. The maximum absolute atomic E-state index is 6.34. The largest absolute Gasteiger partial charge is 0.372 e. The molecule has 2 atom stereocenters. The maximum Gasteiger partial charge on any atom is 0.110 e. The van der Waals surface area contributed by atoms with Crippen molar-refractivity contribution in [3.05, 3.63) is 20.8 Å². The molecule has 2 aliphatic carbocycles. The summed E-state index contributed by atoms with van der Waals surface area (Å²) in [7, 11) is 1.95. The van der Waals surface area contributed by atoms with E-state index in [0.29, 0.717) is 17.4 Å². The van der Waals surface area contributed by atoms with Crippen LogP contribution in [0.5, 0.6) is 0 Å². The summed E-state index contributed by atoms with van der Waals surface area (Å²) < 4.78 is 7.57. The van der Waals surface area contributed by atoms with Crippen LogP contribution in [-0.4, -0.2) is 30.6 Å². The highest BCUT2D eigenvalue weighted by molar-refractivity contribution is 9.11. The molecule has 1 aromatic rings. The van der Waals surface area contributed by atoms with Gasteiger partial charge in [0.2, 0.25) is 0 Å². The summed E-state index contributed by atoms with van der Waals surface area (Å²) >= 11 is 5.53. The van der Waals surface area contributed by atoms with E-state index in [0.717, 1.165) is 5.92 Å². The molecule has 2 saturated carbocycles. The monoisotopic (exact) mass is 397 g/mol. The fourth-order valence-electron chi connectivity index (χ4n) is 5.93. The summed E-state index contributed by atoms with van der Waals surface area (Å²) in [6, 6.07) is 4.49. The number of fused-ring (bicyclic) bond motifs is 2. The quantitative estimate of drug-likeness (QED) is 0.688. The molecule has 128 valence electrons. The molecule has 2 nitrogen and oxygen atoms in total. The van der Waals surface area contributed by atoms with Crippen LogP contribution in [0.4, 0.5) is 0 Å². The molecule has 23 heavy (non-hydrogen) atoms. The average Bonchev–Trinajstić information content (AvgIpc) is 2.91. The molecule has 2 heterocycles. The van der Waals surface area contributed by atoms with Crippen molar-refractivity contribution in [3.8, 4) is 0 Å². The van der Waals surface area contributed by atoms with E-state index in [4.69, 9.17) is 4.74 Å². The third-order valence-electron chi connectivity index (χ3n) is 6.84. The Morgan fingerprint density at radius 2 is 1.87 bits per heavy atom. The zero-order chi connectivity index (χ0) is 16.2. The number of hydrogen-bond donors (Lipinski definition) is 0. The Bertz CT molecular complexity index is 566. The number of likely N-dealkylation sites (tertiary alicyclic amines) is 1. The molecular formula is C19H28BrNOS. The second-order valence-electron chi connectivity index (χ2n) is 8.34. The lowest BCUT2D eigenvalue weighted by molar-refractivity contribution is -0.190. The van der Waals surface area contributed by atoms with E-state index in [1.165, 1.54) is 53.9 Å². The smallest absolute Gasteiger partial charge is 0.110 e. The SMILES string of the molecule is COC1(c2ccc(Br)s2)C2CCCC1CN(C1(C)CC(C)C1)C2. The van der Waals surface area contributed by atoms with Crippen LogP contribution in [0.3, 0.4) is 0 Å². The van der Waals surface area contributed by atoms with Gasteiger partial charge in [0.05, 0.1) is 3.79 Å². The molecule has 0 aromatic carbocycles. The number of thiophene rings is 1. The van der Waals surface area contributed by atoms with Gasteiger partial charge in [-0.1, -0.05) is 13.3 Å². The molecule has 0 spiro atoms. The lowest BCUT2D eigenvalue weighted by atomic mass is 9.61. The molecule has 1 aliphatic heterocycles. The Labute approximate surface area is 152 Å². The van der Waals surface area contributed by atoms with Crippen molar-refractivity contribution in [2.24, 2.45) is 17.8 Å². The normalized spacial score (nSPS) is 44.1. The van der Waals surface area contributed by atoms with Crippen LogP contribution >= 0.6 is 27.3 Å². The molecule has 0 amide bonds. The Hall–Kier alpha value is 0.1000. The van der Waals surface area contributed by atoms with Crippen LogP contribution in [0.15, 0.2) is 15.9 Å². The first-order valence-electron chi connectivity index (χ1n) is 9.04. The highest BCUT2D eigenvalue weighted by Crippen LogP contribution is 2.56. The van der Waals surface area contributed by atoms with Gasteiger partial charge in [0, 0.05) is 42.5 Å². The first-order chi connectivity index (χ1) is 11.0. The fraction of sp³-hybridized carbons (Fsp3) is 0.789. The van der Waals surface area contributed by atoms with E-state index in [1.54, 1.807) is 0 Å². The minimum atomic E-state index is -0.0445. The standard InChI is InChI=1S/C19H28BrNOS/c1-13-9-18(2,10-13)21-11-14-5-4-6-15(12-21)19(14,22-3)16-7-8-17(20)23-16/h7-8,13-15H,4-6,9-12H2,1-3H3. The van der Waals surface area contributed by atoms with Crippen molar-refractivity contribution in [2.45, 2.75) is 57.1 Å². The van der Waals surface area contributed by atoms with Gasteiger partial charge in [-0.25, -0.2) is 0 Å². The topological polar surface area (TPSA) is 12.5 Å². The maximum atomic E-state index is 6.34. The van der Waals surface area contributed by atoms with E-state index in [9.17, 15) is 0 Å². The van der Waals surface area contributed by atoms with Gasteiger partial charge in [-0.3, -0.25) is 4.90 Å². The number of piperidine rings is 1. The Morgan fingerprint density at radius 3 is 2.35 bits per heavy atom. The van der Waals surface area contributed by atoms with Gasteiger partial charge in [-0.05, 0) is 66.6 Å². The van der Waals surface area contributed by atoms with Crippen molar-refractivity contribution >= 4 is 27.3 Å². The van der Waals surface area contributed by atoms with Gasteiger partial charge in [0.15, 0.2) is 0 Å². The predicted molar refractivity (Wildman–Crippen MR) is 99.9 cm³/mol. The third-order valence-corrected chi connectivity index (χ3v) is 8.59. The lowest BCUT2D eigenvalue weighted by Crippen LogP contribution is -2.66. The van der Waals surface area contributed by atoms with Crippen molar-refractivity contribution in [2.75, 3.05) is 20.2 Å². The summed E-state index contributed by atoms with van der Waals surface area (Å²) in [6.07, 6.45) is 6.73. The van der Waals surface area contributed by atoms with Crippen LogP contribution in [0, 0.1) is 17.8 Å². The van der Waals surface area contributed by atoms with E-state index < -0.39 is 0 Å². The molecule has 1 aromatic heterocycles. The van der Waals surface area contributed by atoms with E-state index >= 15 is 0 Å². The van der Waals surface area contributed by atoms with E-state index in [1.807, 2.05) is 18.4 Å². The van der Waals surface area contributed by atoms with Crippen LogP contribution in [0.1, 0.15) is 50.8 Å². The van der Waals surface area contributed by atoms with Crippen molar-refractivity contribution < 1.29 is 4.74 Å². The Kier molecular flexibility index (Phi) is 4.19. The molecule has 4 rings (SSSR count). The second-order valence-corrected chi connectivity index (χ2v) is 10.8. The fourth-order valence-corrected chi connectivity index (χ4v) is 7.65. The summed E-state index contributed by atoms with van der Waals surface area (Å²) in [6.45, 7) is 7.31. The number of ether oxygens (including phenoxy) is 1. The minimum Gasteiger partial charge on any atom is -0.372 e. The van der Waals surface area contributed by atoms with Crippen molar-refractivity contribution in [1.82, 2.24) is 4.90 Å². The van der Waals surface area contributed by atoms with Crippen LogP contribution in [0.2, 0.25) is 0 Å². The van der Waals surface area contributed by atoms with Gasteiger partial charge in [0.1, 0.15) is 5.60 Å².